The van der Waals surface area contributed by atoms with Crippen LogP contribution >= 0.6 is 11.6 Å². The molecule has 2 amide bonds. The minimum Gasteiger partial charge on any atom is -0.369 e. The van der Waals surface area contributed by atoms with E-state index in [1.54, 1.807) is 36.4 Å². The van der Waals surface area contributed by atoms with E-state index < -0.39 is 6.04 Å². The molecular weight excluding hydrogens is 453 g/mol. The summed E-state index contributed by atoms with van der Waals surface area (Å²) in [7, 11) is 0. The van der Waals surface area contributed by atoms with E-state index in [1.807, 2.05) is 31.2 Å². The lowest BCUT2D eigenvalue weighted by molar-refractivity contribution is -0.122. The summed E-state index contributed by atoms with van der Waals surface area (Å²) in [5, 5.41) is 6.41. The number of amides is 2. The first-order valence-corrected chi connectivity index (χ1v) is 11.7. The van der Waals surface area contributed by atoms with Crippen LogP contribution in [0.15, 0.2) is 66.7 Å². The molecule has 0 saturated carbocycles. The molecule has 5 nitrogen and oxygen atoms in total. The Hall–Kier alpha value is -3.38. The number of anilines is 1. The van der Waals surface area contributed by atoms with Crippen molar-refractivity contribution in [1.29, 1.82) is 0 Å². The number of aryl methyl sites for hydroxylation is 1. The highest BCUT2D eigenvalue weighted by molar-refractivity contribution is 6.30. The molecule has 0 bridgehead atoms. The number of rotatable bonds is 8. The summed E-state index contributed by atoms with van der Waals surface area (Å²) in [6.07, 6.45) is 1.10. The molecule has 4 rings (SSSR count). The van der Waals surface area contributed by atoms with Crippen molar-refractivity contribution in [1.82, 2.24) is 10.6 Å². The second-order valence-corrected chi connectivity index (χ2v) is 8.97. The van der Waals surface area contributed by atoms with Crippen LogP contribution in [0.1, 0.15) is 27.0 Å². The van der Waals surface area contributed by atoms with Gasteiger partial charge in [0.2, 0.25) is 5.91 Å². The smallest absolute Gasteiger partial charge is 0.251 e. The van der Waals surface area contributed by atoms with Crippen LogP contribution in [0.5, 0.6) is 0 Å². The third-order valence-electron chi connectivity index (χ3n) is 5.95. The molecule has 1 aliphatic heterocycles. The van der Waals surface area contributed by atoms with Crippen molar-refractivity contribution < 1.29 is 14.0 Å². The zero-order chi connectivity index (χ0) is 24.1. The van der Waals surface area contributed by atoms with Gasteiger partial charge in [0.05, 0.1) is 0 Å². The quantitative estimate of drug-likeness (QED) is 0.506. The van der Waals surface area contributed by atoms with Crippen LogP contribution in [0, 0.1) is 12.7 Å². The van der Waals surface area contributed by atoms with Crippen LogP contribution in [-0.2, 0) is 17.6 Å². The van der Waals surface area contributed by atoms with Crippen molar-refractivity contribution in [3.8, 4) is 0 Å². The van der Waals surface area contributed by atoms with E-state index in [0.29, 0.717) is 30.1 Å². The number of fused-ring (bicyclic) bond motifs is 1. The van der Waals surface area contributed by atoms with Crippen LogP contribution in [-0.4, -0.2) is 37.5 Å². The lowest BCUT2D eigenvalue weighted by Gasteiger charge is -2.22. The van der Waals surface area contributed by atoms with Gasteiger partial charge in [-0.1, -0.05) is 41.4 Å². The van der Waals surface area contributed by atoms with Gasteiger partial charge >= 0.3 is 0 Å². The highest BCUT2D eigenvalue weighted by atomic mass is 35.5. The van der Waals surface area contributed by atoms with Crippen molar-refractivity contribution >= 4 is 29.1 Å². The van der Waals surface area contributed by atoms with Crippen molar-refractivity contribution in [3.63, 3.8) is 0 Å². The fourth-order valence-corrected chi connectivity index (χ4v) is 4.46. The van der Waals surface area contributed by atoms with E-state index in [9.17, 15) is 14.0 Å². The van der Waals surface area contributed by atoms with E-state index in [-0.39, 0.29) is 17.6 Å². The zero-order valence-corrected chi connectivity index (χ0v) is 19.7. The van der Waals surface area contributed by atoms with Crippen molar-refractivity contribution in [2.24, 2.45) is 0 Å². The molecule has 0 saturated heterocycles. The summed E-state index contributed by atoms with van der Waals surface area (Å²) in [6, 6.07) is 18.6. The number of carbonyl (C=O) groups is 2. The van der Waals surface area contributed by atoms with Gasteiger partial charge in [-0.15, -0.1) is 0 Å². The summed E-state index contributed by atoms with van der Waals surface area (Å²) >= 11 is 6.12. The first kappa shape index (κ1) is 23.8. The Bertz CT molecular complexity index is 1200. The maximum absolute atomic E-state index is 13.5. The van der Waals surface area contributed by atoms with Gasteiger partial charge < -0.3 is 15.5 Å². The molecule has 1 atom stereocenters. The van der Waals surface area contributed by atoms with Crippen LogP contribution in [0.4, 0.5) is 10.1 Å². The van der Waals surface area contributed by atoms with Gasteiger partial charge in [-0.2, -0.15) is 0 Å². The van der Waals surface area contributed by atoms with Crippen LogP contribution in [0.2, 0.25) is 5.02 Å². The summed E-state index contributed by atoms with van der Waals surface area (Å²) in [5.74, 6) is -0.803. The summed E-state index contributed by atoms with van der Waals surface area (Å²) < 4.78 is 13.5. The predicted molar refractivity (Wildman–Crippen MR) is 133 cm³/mol. The molecule has 176 valence electrons. The maximum atomic E-state index is 13.5. The Morgan fingerprint density at radius 3 is 2.71 bits per heavy atom. The molecule has 3 aromatic rings. The first-order valence-electron chi connectivity index (χ1n) is 11.3. The molecule has 2 N–H and O–H groups in total. The molecule has 7 heteroatoms. The topological polar surface area (TPSA) is 61.4 Å². The fraction of sp³-hybridized carbons (Fsp3) is 0.259. The maximum Gasteiger partial charge on any atom is 0.251 e. The molecule has 0 radical (unpaired) electrons. The average molecular weight is 480 g/mol. The van der Waals surface area contributed by atoms with Gasteiger partial charge in [-0.3, -0.25) is 9.59 Å². The molecule has 1 heterocycles. The molecule has 0 aromatic heterocycles. The van der Waals surface area contributed by atoms with Gasteiger partial charge in [-0.05, 0) is 66.9 Å². The SMILES string of the molecule is Cc1cccc(C(=O)N[C@@H](Cc2cccc(Cl)c2)C(=O)NCCN2CCc3cc(F)ccc32)c1. The molecule has 0 aliphatic carbocycles. The third kappa shape index (κ3) is 5.94. The third-order valence-corrected chi connectivity index (χ3v) is 6.18. The molecular formula is C27H27ClFN3O2. The van der Waals surface area contributed by atoms with Gasteiger partial charge in [0.15, 0.2) is 0 Å². The van der Waals surface area contributed by atoms with Crippen LogP contribution < -0.4 is 15.5 Å². The molecule has 1 aliphatic rings. The number of carbonyl (C=O) groups excluding carboxylic acids is 2. The Morgan fingerprint density at radius 1 is 1.09 bits per heavy atom. The van der Waals surface area contributed by atoms with Gasteiger partial charge in [0.1, 0.15) is 11.9 Å². The summed E-state index contributed by atoms with van der Waals surface area (Å²) in [4.78, 5) is 28.1. The number of halogens is 2. The van der Waals surface area contributed by atoms with E-state index in [2.05, 4.69) is 15.5 Å². The second kappa shape index (κ2) is 10.7. The monoisotopic (exact) mass is 479 g/mol. The molecule has 0 spiro atoms. The normalized spacial score (nSPS) is 13.3. The fourth-order valence-electron chi connectivity index (χ4n) is 4.24. The zero-order valence-electron chi connectivity index (χ0n) is 19.0. The molecule has 3 aromatic carbocycles. The van der Waals surface area contributed by atoms with E-state index in [1.165, 1.54) is 6.07 Å². The van der Waals surface area contributed by atoms with E-state index in [0.717, 1.165) is 35.3 Å². The lowest BCUT2D eigenvalue weighted by Crippen LogP contribution is -2.49. The minimum absolute atomic E-state index is 0.234. The van der Waals surface area contributed by atoms with Crippen LogP contribution in [0.3, 0.4) is 0 Å². The number of nitrogens with zero attached hydrogens (tertiary/aromatic N) is 1. The van der Waals surface area contributed by atoms with Crippen molar-refractivity contribution in [3.05, 3.63) is 99.8 Å². The summed E-state index contributed by atoms with van der Waals surface area (Å²) in [6.45, 7) is 3.70. The Morgan fingerprint density at radius 2 is 1.91 bits per heavy atom. The summed E-state index contributed by atoms with van der Waals surface area (Å²) in [5.41, 5.74) is 4.31. The van der Waals surface area contributed by atoms with Gasteiger partial charge in [-0.25, -0.2) is 4.39 Å². The van der Waals surface area contributed by atoms with E-state index in [4.69, 9.17) is 11.6 Å². The number of hydrogen-bond donors (Lipinski definition) is 2. The predicted octanol–water partition coefficient (Wildman–Crippen LogP) is 4.31. The highest BCUT2D eigenvalue weighted by Crippen LogP contribution is 2.27. The van der Waals surface area contributed by atoms with Crippen LogP contribution in [0.25, 0.3) is 0 Å². The molecule has 0 fully saturated rings. The lowest BCUT2D eigenvalue weighted by atomic mass is 10.0. The first-order chi connectivity index (χ1) is 16.4. The standard InChI is InChI=1S/C27H27ClFN3O2/c1-18-4-2-6-21(14-18)26(33)31-24(16-19-5-3-7-22(28)15-19)27(34)30-11-13-32-12-10-20-17-23(29)8-9-25(20)32/h2-9,14-15,17,24H,10-13,16H2,1H3,(H,30,34)(H,31,33)/t24-/m0/s1. The van der Waals surface area contributed by atoms with Crippen molar-refractivity contribution in [2.45, 2.75) is 25.8 Å². The van der Waals surface area contributed by atoms with E-state index >= 15 is 0 Å². The Kier molecular flexibility index (Phi) is 7.48. The molecule has 0 unspecified atom stereocenters. The second-order valence-electron chi connectivity index (χ2n) is 8.53. The largest absolute Gasteiger partial charge is 0.369 e. The number of hydrogen-bond acceptors (Lipinski definition) is 3. The molecule has 34 heavy (non-hydrogen) atoms. The highest BCUT2D eigenvalue weighted by Gasteiger charge is 2.23. The number of nitrogens with one attached hydrogen (secondary N) is 2. The Balaban J connectivity index is 1.41. The van der Waals surface area contributed by atoms with Gasteiger partial charge in [0, 0.05) is 42.3 Å². The van der Waals surface area contributed by atoms with Gasteiger partial charge in [0.25, 0.3) is 5.91 Å². The average Bonchev–Trinajstić information content (AvgIpc) is 3.20. The Labute approximate surface area is 203 Å². The van der Waals surface area contributed by atoms with Crippen molar-refractivity contribution in [2.75, 3.05) is 24.5 Å². The minimum atomic E-state index is -0.758. The number of benzene rings is 3.